The number of nitrogens with zero attached hydrogens (tertiary/aromatic N) is 5. The molecule has 0 radical (unpaired) electrons. The second-order valence-electron chi connectivity index (χ2n) is 5.81. The van der Waals surface area contributed by atoms with Crippen LogP contribution in [-0.2, 0) is 24.3 Å². The maximum absolute atomic E-state index is 12.3. The summed E-state index contributed by atoms with van der Waals surface area (Å²) < 4.78 is 6.93. The maximum Gasteiger partial charge on any atom is 0.239 e. The van der Waals surface area contributed by atoms with E-state index in [0.29, 0.717) is 19.0 Å². The summed E-state index contributed by atoms with van der Waals surface area (Å²) in [5.41, 5.74) is 2.05. The lowest BCUT2D eigenvalue weighted by Crippen LogP contribution is -2.37. The fourth-order valence-electron chi connectivity index (χ4n) is 2.82. The largest absolute Gasteiger partial charge is 0.480 e. The Morgan fingerprint density at radius 2 is 2.29 bits per heavy atom. The summed E-state index contributed by atoms with van der Waals surface area (Å²) >= 11 is 0. The van der Waals surface area contributed by atoms with Crippen molar-refractivity contribution in [2.24, 2.45) is 0 Å². The Morgan fingerprint density at radius 1 is 1.42 bits per heavy atom. The fraction of sp³-hybridized carbons (Fsp3) is 0.500. The Kier molecular flexibility index (Phi) is 5.05. The molecule has 0 aliphatic carbocycles. The van der Waals surface area contributed by atoms with E-state index in [4.69, 9.17) is 4.74 Å². The molecule has 8 heteroatoms. The second-order valence-corrected chi connectivity index (χ2v) is 5.81. The molecule has 1 aliphatic rings. The molecule has 3 rings (SSSR count). The summed E-state index contributed by atoms with van der Waals surface area (Å²) in [4.78, 5) is 14.4. The number of aryl methyl sites for hydroxylation is 1. The van der Waals surface area contributed by atoms with Crippen LogP contribution in [0.4, 0.5) is 5.82 Å². The normalized spacial score (nSPS) is 14.2. The maximum atomic E-state index is 12.3. The van der Waals surface area contributed by atoms with Gasteiger partial charge in [0, 0.05) is 38.2 Å². The molecule has 0 spiro atoms. The van der Waals surface area contributed by atoms with Gasteiger partial charge in [0.15, 0.2) is 0 Å². The molecule has 8 nitrogen and oxygen atoms in total. The first-order valence-corrected chi connectivity index (χ1v) is 8.13. The van der Waals surface area contributed by atoms with Crippen LogP contribution in [0.2, 0.25) is 0 Å². The van der Waals surface area contributed by atoms with Crippen molar-refractivity contribution in [1.82, 2.24) is 24.9 Å². The number of fused-ring (bicyclic) bond motifs is 1. The van der Waals surface area contributed by atoms with Crippen LogP contribution in [0.3, 0.4) is 0 Å². The highest BCUT2D eigenvalue weighted by atomic mass is 16.5. The predicted molar refractivity (Wildman–Crippen MR) is 88.7 cm³/mol. The van der Waals surface area contributed by atoms with Crippen LogP contribution in [0.1, 0.15) is 24.6 Å². The Bertz CT molecular complexity index is 714. The van der Waals surface area contributed by atoms with Crippen LogP contribution in [0.5, 0.6) is 5.88 Å². The summed E-state index contributed by atoms with van der Waals surface area (Å²) in [5, 5.41) is 15.3. The summed E-state index contributed by atoms with van der Waals surface area (Å²) in [6.07, 6.45) is 3.46. The van der Waals surface area contributed by atoms with Crippen molar-refractivity contribution >= 4 is 11.7 Å². The molecule has 24 heavy (non-hydrogen) atoms. The zero-order valence-electron chi connectivity index (χ0n) is 14.0. The molecule has 1 aliphatic heterocycles. The van der Waals surface area contributed by atoms with Gasteiger partial charge in [0.05, 0.1) is 25.5 Å². The van der Waals surface area contributed by atoms with Gasteiger partial charge in [0.2, 0.25) is 11.8 Å². The van der Waals surface area contributed by atoms with Crippen LogP contribution in [-0.4, -0.2) is 51.0 Å². The van der Waals surface area contributed by atoms with Crippen molar-refractivity contribution in [3.8, 4) is 5.88 Å². The molecule has 0 aromatic carbocycles. The van der Waals surface area contributed by atoms with Crippen LogP contribution in [0, 0.1) is 0 Å². The molecule has 0 fully saturated rings. The van der Waals surface area contributed by atoms with E-state index < -0.39 is 0 Å². The van der Waals surface area contributed by atoms with Gasteiger partial charge in [0.1, 0.15) is 5.82 Å². The minimum Gasteiger partial charge on any atom is -0.480 e. The lowest BCUT2D eigenvalue weighted by atomic mass is 10.1. The predicted octanol–water partition coefficient (Wildman–Crippen LogP) is 1.09. The summed E-state index contributed by atoms with van der Waals surface area (Å²) in [6.45, 7) is 4.66. The van der Waals surface area contributed by atoms with Crippen molar-refractivity contribution < 1.29 is 9.53 Å². The van der Waals surface area contributed by atoms with Gasteiger partial charge in [-0.1, -0.05) is 6.92 Å². The highest BCUT2D eigenvalue weighted by Crippen LogP contribution is 2.19. The number of carbonyl (C=O) groups is 1. The Labute approximate surface area is 140 Å². The molecule has 2 aromatic rings. The molecule has 0 atom stereocenters. The van der Waals surface area contributed by atoms with E-state index in [2.05, 4.69) is 32.4 Å². The molecule has 0 bridgehead atoms. The third-order valence-electron chi connectivity index (χ3n) is 3.99. The Hall–Kier alpha value is -2.48. The van der Waals surface area contributed by atoms with Gasteiger partial charge < -0.3 is 10.1 Å². The SMILES string of the molecule is CCCn1nccc1NC(=O)CN1CCc2nnc(OC)cc2C1. The molecule has 0 saturated heterocycles. The standard InChI is InChI=1S/C16H22N6O2/c1-3-7-22-14(4-6-17-22)18-15(23)11-21-8-5-13-12(10-21)9-16(24-2)20-19-13/h4,6,9H,3,5,7-8,10-11H2,1-2H3,(H,18,23). The molecule has 0 unspecified atom stereocenters. The number of methoxy groups -OCH3 is 1. The van der Waals surface area contributed by atoms with Gasteiger partial charge in [-0.2, -0.15) is 10.2 Å². The fourth-order valence-corrected chi connectivity index (χ4v) is 2.82. The van der Waals surface area contributed by atoms with Crippen molar-refractivity contribution in [2.75, 3.05) is 25.5 Å². The van der Waals surface area contributed by atoms with E-state index >= 15 is 0 Å². The van der Waals surface area contributed by atoms with Crippen LogP contribution in [0.25, 0.3) is 0 Å². The number of rotatable bonds is 6. The summed E-state index contributed by atoms with van der Waals surface area (Å²) in [7, 11) is 1.57. The van der Waals surface area contributed by atoms with E-state index in [0.717, 1.165) is 43.0 Å². The molecule has 0 saturated carbocycles. The van der Waals surface area contributed by atoms with E-state index in [-0.39, 0.29) is 5.91 Å². The summed E-state index contributed by atoms with van der Waals surface area (Å²) in [5.74, 6) is 1.21. The lowest BCUT2D eigenvalue weighted by molar-refractivity contribution is -0.117. The average molecular weight is 330 g/mol. The zero-order valence-corrected chi connectivity index (χ0v) is 14.0. The van der Waals surface area contributed by atoms with Crippen molar-refractivity contribution in [2.45, 2.75) is 32.9 Å². The molecular formula is C16H22N6O2. The first-order valence-electron chi connectivity index (χ1n) is 8.13. The van der Waals surface area contributed by atoms with E-state index in [1.54, 1.807) is 13.3 Å². The smallest absolute Gasteiger partial charge is 0.239 e. The number of anilines is 1. The van der Waals surface area contributed by atoms with Crippen LogP contribution in [0.15, 0.2) is 18.3 Å². The Balaban J connectivity index is 1.60. The molecule has 1 amide bonds. The molecule has 1 N–H and O–H groups in total. The number of amides is 1. The molecule has 2 aromatic heterocycles. The van der Waals surface area contributed by atoms with Gasteiger partial charge in [-0.15, -0.1) is 5.10 Å². The van der Waals surface area contributed by atoms with Crippen LogP contribution < -0.4 is 10.1 Å². The topological polar surface area (TPSA) is 85.2 Å². The quantitative estimate of drug-likeness (QED) is 0.853. The average Bonchev–Trinajstić information content (AvgIpc) is 3.01. The Morgan fingerprint density at radius 3 is 3.08 bits per heavy atom. The van der Waals surface area contributed by atoms with E-state index in [1.807, 2.05) is 16.8 Å². The minimum atomic E-state index is -0.0368. The third kappa shape index (κ3) is 3.70. The van der Waals surface area contributed by atoms with Crippen molar-refractivity contribution in [3.05, 3.63) is 29.6 Å². The molecule has 128 valence electrons. The van der Waals surface area contributed by atoms with Gasteiger partial charge in [0.25, 0.3) is 0 Å². The third-order valence-corrected chi connectivity index (χ3v) is 3.99. The number of aromatic nitrogens is 4. The highest BCUT2D eigenvalue weighted by Gasteiger charge is 2.21. The lowest BCUT2D eigenvalue weighted by Gasteiger charge is -2.27. The molecule has 3 heterocycles. The highest BCUT2D eigenvalue weighted by molar-refractivity contribution is 5.91. The van der Waals surface area contributed by atoms with E-state index in [9.17, 15) is 4.79 Å². The molecular weight excluding hydrogens is 308 g/mol. The number of hydrogen-bond acceptors (Lipinski definition) is 6. The number of nitrogens with one attached hydrogen (secondary N) is 1. The van der Waals surface area contributed by atoms with Crippen molar-refractivity contribution in [1.29, 1.82) is 0 Å². The van der Waals surface area contributed by atoms with Gasteiger partial charge >= 0.3 is 0 Å². The first kappa shape index (κ1) is 16.4. The zero-order chi connectivity index (χ0) is 16.9. The van der Waals surface area contributed by atoms with Crippen molar-refractivity contribution in [3.63, 3.8) is 0 Å². The minimum absolute atomic E-state index is 0.0368. The number of ether oxygens (including phenoxy) is 1. The monoisotopic (exact) mass is 330 g/mol. The second kappa shape index (κ2) is 7.39. The van der Waals surface area contributed by atoms with Gasteiger partial charge in [-0.25, -0.2) is 4.68 Å². The number of hydrogen-bond donors (Lipinski definition) is 1. The van der Waals surface area contributed by atoms with E-state index in [1.165, 1.54) is 0 Å². The number of carbonyl (C=O) groups excluding carboxylic acids is 1. The van der Waals surface area contributed by atoms with Gasteiger partial charge in [-0.3, -0.25) is 9.69 Å². The first-order chi connectivity index (χ1) is 11.7. The summed E-state index contributed by atoms with van der Waals surface area (Å²) in [6, 6.07) is 3.71. The van der Waals surface area contributed by atoms with Crippen LogP contribution >= 0.6 is 0 Å². The van der Waals surface area contributed by atoms with Gasteiger partial charge in [-0.05, 0) is 12.0 Å².